The van der Waals surface area contributed by atoms with E-state index in [2.05, 4.69) is 12.7 Å². The molecule has 0 aliphatic heterocycles. The fourth-order valence-corrected chi connectivity index (χ4v) is 1.37. The fraction of sp³-hybridized carbons (Fsp3) is 0.667. The smallest absolute Gasteiger partial charge is 0.0236 e. The highest BCUT2D eigenvalue weighted by atomic mass is 14.1. The monoisotopic (exact) mass is 166 g/mol. The lowest BCUT2D eigenvalue weighted by molar-refractivity contribution is 0.420. The van der Waals surface area contributed by atoms with Gasteiger partial charge in [-0.05, 0) is 32.6 Å². The second-order valence-corrected chi connectivity index (χ2v) is 3.30. The van der Waals surface area contributed by atoms with Crippen LogP contribution >= 0.6 is 0 Å². The lowest BCUT2D eigenvalue weighted by Gasteiger charge is -2.16. The summed E-state index contributed by atoms with van der Waals surface area (Å²) in [5, 5.41) is 0. The Hall–Kier alpha value is -0.520. The molecule has 1 saturated carbocycles. The van der Waals surface area contributed by atoms with Crippen LogP contribution in [0.25, 0.3) is 0 Å². The lowest BCUT2D eigenvalue weighted by atomic mass is 9.90. The summed E-state index contributed by atoms with van der Waals surface area (Å²) in [7, 11) is 0. The molecular formula is C12H22. The molecule has 0 spiro atoms. The topological polar surface area (TPSA) is 0 Å². The van der Waals surface area contributed by atoms with Crippen LogP contribution < -0.4 is 0 Å². The molecule has 0 N–H and O–H groups in total. The summed E-state index contributed by atoms with van der Waals surface area (Å²) >= 11 is 0. The van der Waals surface area contributed by atoms with Crippen molar-refractivity contribution in [1.29, 1.82) is 0 Å². The SMILES string of the molecule is C=CC1CCCCC1.CC=CC. The molecule has 0 unspecified atom stereocenters. The predicted octanol–water partition coefficient (Wildman–Crippen LogP) is 4.34. The van der Waals surface area contributed by atoms with E-state index in [0.29, 0.717) is 0 Å². The van der Waals surface area contributed by atoms with Crippen molar-refractivity contribution in [2.75, 3.05) is 0 Å². The van der Waals surface area contributed by atoms with Crippen molar-refractivity contribution in [2.45, 2.75) is 46.0 Å². The molecule has 0 heteroatoms. The maximum Gasteiger partial charge on any atom is -0.0236 e. The van der Waals surface area contributed by atoms with E-state index in [0.717, 1.165) is 5.92 Å². The molecule has 0 heterocycles. The Kier molecular flexibility index (Phi) is 8.20. The van der Waals surface area contributed by atoms with E-state index in [-0.39, 0.29) is 0 Å². The minimum absolute atomic E-state index is 0.851. The van der Waals surface area contributed by atoms with Crippen molar-refractivity contribution in [3.05, 3.63) is 24.8 Å². The van der Waals surface area contributed by atoms with Crippen LogP contribution in [0.3, 0.4) is 0 Å². The standard InChI is InChI=1S/C8H14.C4H8/c1-2-8-6-4-3-5-7-8;1-3-4-2/h2,8H,1,3-7H2;3-4H,1-2H3. The van der Waals surface area contributed by atoms with Crippen molar-refractivity contribution >= 4 is 0 Å². The van der Waals surface area contributed by atoms with Crippen LogP contribution in [0.15, 0.2) is 24.8 Å². The van der Waals surface area contributed by atoms with Crippen LogP contribution in [0.5, 0.6) is 0 Å². The summed E-state index contributed by atoms with van der Waals surface area (Å²) in [5.74, 6) is 0.851. The van der Waals surface area contributed by atoms with Crippen molar-refractivity contribution in [3.8, 4) is 0 Å². The fourth-order valence-electron chi connectivity index (χ4n) is 1.37. The van der Waals surface area contributed by atoms with E-state index in [1.807, 2.05) is 26.0 Å². The molecular weight excluding hydrogens is 144 g/mol. The van der Waals surface area contributed by atoms with E-state index in [9.17, 15) is 0 Å². The third-order valence-corrected chi connectivity index (χ3v) is 2.32. The zero-order valence-electron chi connectivity index (χ0n) is 8.55. The second kappa shape index (κ2) is 8.58. The Morgan fingerprint density at radius 3 is 1.75 bits per heavy atom. The van der Waals surface area contributed by atoms with Gasteiger partial charge in [0.2, 0.25) is 0 Å². The molecule has 70 valence electrons. The van der Waals surface area contributed by atoms with Gasteiger partial charge in [-0.2, -0.15) is 0 Å². The third-order valence-electron chi connectivity index (χ3n) is 2.32. The van der Waals surface area contributed by atoms with Crippen LogP contribution in [-0.4, -0.2) is 0 Å². The molecule has 0 amide bonds. The highest BCUT2D eigenvalue weighted by molar-refractivity contribution is 4.80. The van der Waals surface area contributed by atoms with Gasteiger partial charge in [-0.3, -0.25) is 0 Å². The van der Waals surface area contributed by atoms with Gasteiger partial charge in [0.05, 0.1) is 0 Å². The molecule has 0 saturated heterocycles. The molecule has 1 aliphatic carbocycles. The minimum atomic E-state index is 0.851. The Morgan fingerprint density at radius 1 is 1.00 bits per heavy atom. The largest absolute Gasteiger partial charge is 0.103 e. The molecule has 1 fully saturated rings. The van der Waals surface area contributed by atoms with Crippen LogP contribution in [0.2, 0.25) is 0 Å². The van der Waals surface area contributed by atoms with Crippen molar-refractivity contribution < 1.29 is 0 Å². The zero-order chi connectivity index (χ0) is 9.23. The maximum absolute atomic E-state index is 3.78. The van der Waals surface area contributed by atoms with E-state index < -0.39 is 0 Å². The molecule has 1 aliphatic rings. The summed E-state index contributed by atoms with van der Waals surface area (Å²) in [6, 6.07) is 0. The zero-order valence-corrected chi connectivity index (χ0v) is 8.55. The Labute approximate surface area is 77.4 Å². The molecule has 0 atom stereocenters. The average molecular weight is 166 g/mol. The van der Waals surface area contributed by atoms with Gasteiger partial charge < -0.3 is 0 Å². The minimum Gasteiger partial charge on any atom is -0.103 e. The van der Waals surface area contributed by atoms with Crippen molar-refractivity contribution in [1.82, 2.24) is 0 Å². The molecule has 0 bridgehead atoms. The number of allylic oxidation sites excluding steroid dienone is 3. The van der Waals surface area contributed by atoms with Gasteiger partial charge >= 0.3 is 0 Å². The van der Waals surface area contributed by atoms with E-state index in [1.54, 1.807) is 0 Å². The highest BCUT2D eigenvalue weighted by Crippen LogP contribution is 2.23. The van der Waals surface area contributed by atoms with Gasteiger partial charge in [-0.1, -0.05) is 37.5 Å². The van der Waals surface area contributed by atoms with Gasteiger partial charge in [0.15, 0.2) is 0 Å². The molecule has 0 aromatic rings. The van der Waals surface area contributed by atoms with Gasteiger partial charge in [0.25, 0.3) is 0 Å². The maximum atomic E-state index is 3.78. The molecule has 0 radical (unpaired) electrons. The van der Waals surface area contributed by atoms with E-state index in [4.69, 9.17) is 0 Å². The Balaban J connectivity index is 0.000000261. The van der Waals surface area contributed by atoms with Crippen molar-refractivity contribution in [3.63, 3.8) is 0 Å². The quantitative estimate of drug-likeness (QED) is 0.508. The van der Waals surface area contributed by atoms with Gasteiger partial charge in [0.1, 0.15) is 0 Å². The first-order valence-corrected chi connectivity index (χ1v) is 5.05. The molecule has 0 aromatic carbocycles. The first-order chi connectivity index (χ1) is 5.85. The normalized spacial score (nSPS) is 18.5. The Morgan fingerprint density at radius 2 is 1.50 bits per heavy atom. The number of rotatable bonds is 1. The summed E-state index contributed by atoms with van der Waals surface area (Å²) in [4.78, 5) is 0. The van der Waals surface area contributed by atoms with Crippen LogP contribution in [0.1, 0.15) is 46.0 Å². The summed E-state index contributed by atoms with van der Waals surface area (Å²) in [5.41, 5.74) is 0. The molecule has 0 aromatic heterocycles. The van der Waals surface area contributed by atoms with Gasteiger partial charge in [-0.15, -0.1) is 6.58 Å². The highest BCUT2D eigenvalue weighted by Gasteiger charge is 2.07. The predicted molar refractivity (Wildman–Crippen MR) is 57.3 cm³/mol. The van der Waals surface area contributed by atoms with Gasteiger partial charge in [0, 0.05) is 0 Å². The van der Waals surface area contributed by atoms with E-state index in [1.165, 1.54) is 32.1 Å². The second-order valence-electron chi connectivity index (χ2n) is 3.30. The Bertz CT molecular complexity index is 112. The third kappa shape index (κ3) is 6.21. The van der Waals surface area contributed by atoms with Crippen LogP contribution in [0, 0.1) is 5.92 Å². The summed E-state index contributed by atoms with van der Waals surface area (Å²) < 4.78 is 0. The van der Waals surface area contributed by atoms with E-state index >= 15 is 0 Å². The molecule has 0 nitrogen and oxygen atoms in total. The average Bonchev–Trinajstić information content (AvgIpc) is 2.19. The van der Waals surface area contributed by atoms with Crippen molar-refractivity contribution in [2.24, 2.45) is 5.92 Å². The first-order valence-electron chi connectivity index (χ1n) is 5.05. The summed E-state index contributed by atoms with van der Waals surface area (Å²) in [6.07, 6.45) is 13.2. The molecule has 1 rings (SSSR count). The summed E-state index contributed by atoms with van der Waals surface area (Å²) in [6.45, 7) is 7.78. The first kappa shape index (κ1) is 11.5. The van der Waals surface area contributed by atoms with Crippen LogP contribution in [-0.2, 0) is 0 Å². The number of hydrogen-bond acceptors (Lipinski definition) is 0. The number of hydrogen-bond donors (Lipinski definition) is 0. The van der Waals surface area contributed by atoms with Crippen LogP contribution in [0.4, 0.5) is 0 Å². The lowest BCUT2D eigenvalue weighted by Crippen LogP contribution is -2.01. The molecule has 12 heavy (non-hydrogen) atoms. The van der Waals surface area contributed by atoms with Gasteiger partial charge in [-0.25, -0.2) is 0 Å².